The van der Waals surface area contributed by atoms with Crippen molar-refractivity contribution in [2.45, 2.75) is 89.9 Å². The van der Waals surface area contributed by atoms with E-state index in [0.29, 0.717) is 0 Å². The van der Waals surface area contributed by atoms with E-state index >= 15 is 0 Å². The Bertz CT molecular complexity index is 2740. The van der Waals surface area contributed by atoms with Gasteiger partial charge in [-0.2, -0.15) is 0 Å². The van der Waals surface area contributed by atoms with Crippen molar-refractivity contribution in [2.24, 2.45) is 0 Å². The second kappa shape index (κ2) is 8.78. The van der Waals surface area contributed by atoms with Crippen LogP contribution in [0.2, 0.25) is 0 Å². The molecule has 0 amide bonds. The highest BCUT2D eigenvalue weighted by molar-refractivity contribution is 6.04. The Balaban J connectivity index is 1.13. The summed E-state index contributed by atoms with van der Waals surface area (Å²) in [4.78, 5) is 0. The highest BCUT2D eigenvalue weighted by atomic mass is 14.5. The first kappa shape index (κ1) is 29.1. The topological polar surface area (TPSA) is 0 Å². The number of fused-ring (bicyclic) bond motifs is 16. The Kier molecular flexibility index (Phi) is 5.11. The Morgan fingerprint density at radius 1 is 0.380 bits per heavy atom. The molecule has 0 radical (unpaired) electrons. The van der Waals surface area contributed by atoms with Gasteiger partial charge in [-0.15, -0.1) is 0 Å². The van der Waals surface area contributed by atoms with Crippen LogP contribution in [0.15, 0.2) is 84.9 Å². The molecule has 5 aliphatic rings. The lowest BCUT2D eigenvalue weighted by Crippen LogP contribution is -2.30. The van der Waals surface area contributed by atoms with E-state index in [0.717, 1.165) is 12.8 Å². The molecule has 0 heteroatoms. The van der Waals surface area contributed by atoms with E-state index in [2.05, 4.69) is 152 Å². The molecule has 0 unspecified atom stereocenters. The molecule has 0 atom stereocenters. The molecule has 6 aromatic rings. The molecule has 50 heavy (non-hydrogen) atoms. The summed E-state index contributed by atoms with van der Waals surface area (Å²) in [7, 11) is 0. The third-order valence-electron chi connectivity index (χ3n) is 14.1. The maximum atomic E-state index is 2.60. The Hall–Kier alpha value is -4.68. The first-order chi connectivity index (χ1) is 23.8. The minimum Gasteiger partial charge on any atom is -0.0763 e. The monoisotopic (exact) mass is 644 g/mol. The van der Waals surface area contributed by atoms with Crippen molar-refractivity contribution in [1.82, 2.24) is 0 Å². The average Bonchev–Trinajstić information content (AvgIpc) is 3.66. The minimum absolute atomic E-state index is 0.0347. The molecule has 0 heterocycles. The molecule has 0 aliphatic heterocycles. The summed E-state index contributed by atoms with van der Waals surface area (Å²) in [5, 5.41) is 5.56. The minimum atomic E-state index is -0.100. The van der Waals surface area contributed by atoms with Crippen LogP contribution in [-0.4, -0.2) is 0 Å². The van der Waals surface area contributed by atoms with Crippen LogP contribution < -0.4 is 10.4 Å². The molecule has 0 saturated heterocycles. The smallest absolute Gasteiger partial charge is 0.0159 e. The molecule has 11 rings (SSSR count). The van der Waals surface area contributed by atoms with Gasteiger partial charge in [0.15, 0.2) is 0 Å². The zero-order valence-corrected chi connectivity index (χ0v) is 30.7. The van der Waals surface area contributed by atoms with Gasteiger partial charge in [-0.1, -0.05) is 116 Å². The summed E-state index contributed by atoms with van der Waals surface area (Å²) >= 11 is 0. The number of rotatable bonds is 0. The van der Waals surface area contributed by atoms with Crippen molar-refractivity contribution >= 4 is 22.9 Å². The molecular weight excluding hydrogens is 601 g/mol. The van der Waals surface area contributed by atoms with Crippen molar-refractivity contribution in [2.75, 3.05) is 0 Å². The number of hydrogen-bond donors (Lipinski definition) is 0. The summed E-state index contributed by atoms with van der Waals surface area (Å²) in [6.07, 6.45) is 7.21. The Labute approximate surface area is 296 Å². The highest BCUT2D eigenvalue weighted by Crippen LogP contribution is 2.61. The van der Waals surface area contributed by atoms with Crippen LogP contribution in [0.25, 0.3) is 67.4 Å². The van der Waals surface area contributed by atoms with Crippen molar-refractivity contribution in [3.63, 3.8) is 0 Å². The highest BCUT2D eigenvalue weighted by Gasteiger charge is 2.46. The fourth-order valence-electron chi connectivity index (χ4n) is 11.2. The summed E-state index contributed by atoms with van der Waals surface area (Å²) in [6.45, 7) is 19.6. The molecule has 6 aromatic carbocycles. The number of benzene rings is 6. The van der Waals surface area contributed by atoms with Gasteiger partial charge < -0.3 is 0 Å². The van der Waals surface area contributed by atoms with E-state index in [-0.39, 0.29) is 21.7 Å². The lowest BCUT2D eigenvalue weighted by molar-refractivity contribution is 0.648. The first-order valence-corrected chi connectivity index (χ1v) is 18.8. The van der Waals surface area contributed by atoms with Crippen LogP contribution in [0.3, 0.4) is 0 Å². The average molecular weight is 645 g/mol. The van der Waals surface area contributed by atoms with Crippen molar-refractivity contribution in [3.8, 4) is 44.5 Å². The van der Waals surface area contributed by atoms with E-state index < -0.39 is 0 Å². The normalized spacial score (nSPS) is 19.2. The third kappa shape index (κ3) is 3.22. The standard InChI is InChI=1S/C50H44/c1-47(2)37-19-17-27-13-9-11-15-29(27)45(37)35-25-41-33(23-43(35)47)31-21-40-32(22-39(31)49(41,5)6)34-24-44-36(26-42(34)50(40,7)8)46-30-16-12-10-14-28(30)18-20-38(46)48(44,3)4/h9,11,13-26H,10,12H2,1-8H3. The van der Waals surface area contributed by atoms with Crippen LogP contribution in [0.4, 0.5) is 0 Å². The van der Waals surface area contributed by atoms with Gasteiger partial charge in [0.25, 0.3) is 0 Å². The molecule has 0 nitrogen and oxygen atoms in total. The molecule has 244 valence electrons. The maximum Gasteiger partial charge on any atom is 0.0159 e. The molecule has 0 fully saturated rings. The fourth-order valence-corrected chi connectivity index (χ4v) is 11.2. The molecule has 5 aliphatic carbocycles. The van der Waals surface area contributed by atoms with E-state index in [1.54, 1.807) is 0 Å². The predicted molar refractivity (Wildman–Crippen MR) is 212 cm³/mol. The molecule has 0 spiro atoms. The van der Waals surface area contributed by atoms with Crippen LogP contribution in [-0.2, 0) is 21.7 Å². The lowest BCUT2D eigenvalue weighted by Gasteiger charge is -2.25. The molecular formula is C50H44. The van der Waals surface area contributed by atoms with Gasteiger partial charge in [-0.05, 0) is 159 Å². The van der Waals surface area contributed by atoms with Crippen LogP contribution in [0.1, 0.15) is 113 Å². The SMILES string of the molecule is CC1(C)c2cc3c(cc2-c2cc4c(cc21)-c1c(ccc2c1=CCCC=2)C4(C)C)C(C)(C)c1cc2c(cc1-3)C(C)(C)c1ccc3ccccc3c1-2. The lowest BCUT2D eigenvalue weighted by atomic mass is 9.78. The van der Waals surface area contributed by atoms with Crippen LogP contribution in [0, 0.1) is 0 Å². The molecule has 0 aromatic heterocycles. The van der Waals surface area contributed by atoms with Gasteiger partial charge in [-0.25, -0.2) is 0 Å². The van der Waals surface area contributed by atoms with Crippen molar-refractivity contribution in [3.05, 3.63) is 140 Å². The van der Waals surface area contributed by atoms with Crippen molar-refractivity contribution in [1.29, 1.82) is 0 Å². The summed E-state index contributed by atoms with van der Waals surface area (Å²) in [5.41, 5.74) is 23.0. The van der Waals surface area contributed by atoms with Gasteiger partial charge in [-0.3, -0.25) is 0 Å². The van der Waals surface area contributed by atoms with E-state index in [9.17, 15) is 0 Å². The van der Waals surface area contributed by atoms with Gasteiger partial charge in [0.2, 0.25) is 0 Å². The van der Waals surface area contributed by atoms with E-state index in [4.69, 9.17) is 0 Å². The number of hydrogen-bond acceptors (Lipinski definition) is 0. The first-order valence-electron chi connectivity index (χ1n) is 18.8. The predicted octanol–water partition coefficient (Wildman–Crippen LogP) is 11.4. The molecule has 0 N–H and O–H groups in total. The largest absolute Gasteiger partial charge is 0.0763 e. The van der Waals surface area contributed by atoms with Gasteiger partial charge in [0.05, 0.1) is 0 Å². The summed E-state index contributed by atoms with van der Waals surface area (Å²) in [5.74, 6) is 0. The van der Waals surface area contributed by atoms with Gasteiger partial charge >= 0.3 is 0 Å². The molecule has 0 saturated carbocycles. The van der Waals surface area contributed by atoms with Gasteiger partial charge in [0.1, 0.15) is 0 Å². The second-order valence-electron chi connectivity index (χ2n) is 18.0. The maximum absolute atomic E-state index is 2.60. The summed E-state index contributed by atoms with van der Waals surface area (Å²) in [6, 6.07) is 34.0. The van der Waals surface area contributed by atoms with Crippen LogP contribution in [0.5, 0.6) is 0 Å². The van der Waals surface area contributed by atoms with E-state index in [1.807, 2.05) is 0 Å². The summed E-state index contributed by atoms with van der Waals surface area (Å²) < 4.78 is 0. The third-order valence-corrected chi connectivity index (χ3v) is 14.1. The zero-order chi connectivity index (χ0) is 34.3. The second-order valence-corrected chi connectivity index (χ2v) is 18.0. The Morgan fingerprint density at radius 2 is 0.800 bits per heavy atom. The fraction of sp³-hybridized carbons (Fsp3) is 0.280. The van der Waals surface area contributed by atoms with Crippen LogP contribution >= 0.6 is 0 Å². The van der Waals surface area contributed by atoms with Crippen molar-refractivity contribution < 1.29 is 0 Å². The Morgan fingerprint density at radius 3 is 1.38 bits per heavy atom. The van der Waals surface area contributed by atoms with Gasteiger partial charge in [0, 0.05) is 21.7 Å². The molecule has 0 bridgehead atoms. The van der Waals surface area contributed by atoms with E-state index in [1.165, 1.54) is 110 Å². The quantitative estimate of drug-likeness (QED) is 0.154. The zero-order valence-electron chi connectivity index (χ0n) is 30.7.